The summed E-state index contributed by atoms with van der Waals surface area (Å²) >= 11 is 5.82. The van der Waals surface area contributed by atoms with Crippen LogP contribution in [0.15, 0.2) is 48.7 Å². The van der Waals surface area contributed by atoms with Crippen LogP contribution in [-0.2, 0) is 6.18 Å². The SMILES string of the molecule is CCOc1ncccc1-c1ccc(N2CCN(C(=O)c3ccc(Cl)cc3C(F)(F)F)C[C@H]2CC)c(C(=O)NC[C@@H]2CCN2)c1F. The van der Waals surface area contributed by atoms with Gasteiger partial charge in [0.05, 0.1) is 29.0 Å². The van der Waals surface area contributed by atoms with Crippen molar-refractivity contribution in [3.8, 4) is 17.0 Å². The lowest BCUT2D eigenvalue weighted by atomic mass is 9.97. The number of nitrogens with zero attached hydrogens (tertiary/aromatic N) is 3. The van der Waals surface area contributed by atoms with E-state index in [0.717, 1.165) is 25.1 Å². The lowest BCUT2D eigenvalue weighted by Crippen LogP contribution is -2.55. The highest BCUT2D eigenvalue weighted by molar-refractivity contribution is 6.30. The van der Waals surface area contributed by atoms with E-state index in [1.165, 1.54) is 17.2 Å². The highest BCUT2D eigenvalue weighted by Gasteiger charge is 2.39. The van der Waals surface area contributed by atoms with Gasteiger partial charge in [-0.2, -0.15) is 13.2 Å². The summed E-state index contributed by atoms with van der Waals surface area (Å²) in [6.45, 7) is 5.43. The fourth-order valence-corrected chi connectivity index (χ4v) is 5.89. The normalized spacial score (nSPS) is 18.4. The zero-order valence-electron chi connectivity index (χ0n) is 24.9. The van der Waals surface area contributed by atoms with Gasteiger partial charge in [-0.3, -0.25) is 9.59 Å². The third-order valence-electron chi connectivity index (χ3n) is 8.19. The van der Waals surface area contributed by atoms with Crippen LogP contribution in [-0.4, -0.2) is 73.1 Å². The number of carbonyl (C=O) groups is 2. The maximum Gasteiger partial charge on any atom is 0.417 e. The smallest absolute Gasteiger partial charge is 0.417 e. The van der Waals surface area contributed by atoms with E-state index in [-0.39, 0.29) is 47.7 Å². The molecule has 0 radical (unpaired) electrons. The van der Waals surface area contributed by atoms with Crippen LogP contribution in [0, 0.1) is 5.82 Å². The summed E-state index contributed by atoms with van der Waals surface area (Å²) in [5, 5.41) is 5.93. The van der Waals surface area contributed by atoms with Crippen molar-refractivity contribution in [3.05, 3.63) is 76.2 Å². The Morgan fingerprint density at radius 3 is 2.58 bits per heavy atom. The van der Waals surface area contributed by atoms with Crippen LogP contribution in [0.3, 0.4) is 0 Å². The molecular weight excluding hydrogens is 614 g/mol. The van der Waals surface area contributed by atoms with Crippen molar-refractivity contribution in [2.75, 3.05) is 44.2 Å². The monoisotopic (exact) mass is 647 g/mol. The van der Waals surface area contributed by atoms with E-state index in [4.69, 9.17) is 16.3 Å². The average molecular weight is 648 g/mol. The number of aromatic nitrogens is 1. The Bertz CT molecular complexity index is 1570. The van der Waals surface area contributed by atoms with E-state index in [0.29, 0.717) is 30.8 Å². The summed E-state index contributed by atoms with van der Waals surface area (Å²) in [7, 11) is 0. The molecule has 45 heavy (non-hydrogen) atoms. The molecule has 3 heterocycles. The van der Waals surface area contributed by atoms with E-state index in [9.17, 15) is 22.8 Å². The number of nitrogens with one attached hydrogen (secondary N) is 2. The Labute approximate surface area is 263 Å². The number of pyridine rings is 1. The van der Waals surface area contributed by atoms with Gasteiger partial charge in [-0.15, -0.1) is 0 Å². The van der Waals surface area contributed by atoms with Crippen LogP contribution < -0.4 is 20.3 Å². The van der Waals surface area contributed by atoms with Crippen molar-refractivity contribution in [3.63, 3.8) is 0 Å². The van der Waals surface area contributed by atoms with Gasteiger partial charge in [0.25, 0.3) is 11.8 Å². The molecule has 8 nitrogen and oxygen atoms in total. The summed E-state index contributed by atoms with van der Waals surface area (Å²) in [6, 6.07) is 9.33. The first-order valence-electron chi connectivity index (χ1n) is 14.9. The minimum atomic E-state index is -4.77. The number of anilines is 1. The number of rotatable bonds is 9. The average Bonchev–Trinajstić information content (AvgIpc) is 2.99. The molecule has 2 atom stereocenters. The molecule has 2 aliphatic heterocycles. The molecular formula is C32H34ClF4N5O3. The van der Waals surface area contributed by atoms with Gasteiger partial charge in [0.15, 0.2) is 0 Å². The number of piperazine rings is 1. The number of benzene rings is 2. The minimum absolute atomic E-state index is 0.0583. The molecule has 2 fully saturated rings. The molecule has 13 heteroatoms. The lowest BCUT2D eigenvalue weighted by molar-refractivity contribution is -0.138. The molecule has 0 unspecified atom stereocenters. The van der Waals surface area contributed by atoms with Crippen molar-refractivity contribution in [2.24, 2.45) is 0 Å². The van der Waals surface area contributed by atoms with Crippen molar-refractivity contribution in [1.29, 1.82) is 0 Å². The van der Waals surface area contributed by atoms with Crippen molar-refractivity contribution in [1.82, 2.24) is 20.5 Å². The number of hydrogen-bond acceptors (Lipinski definition) is 6. The largest absolute Gasteiger partial charge is 0.478 e. The molecule has 2 amide bonds. The summed E-state index contributed by atoms with van der Waals surface area (Å²) in [5.74, 6) is -1.88. The van der Waals surface area contributed by atoms with E-state index in [1.54, 1.807) is 31.2 Å². The zero-order chi connectivity index (χ0) is 32.3. The molecule has 5 rings (SSSR count). The van der Waals surface area contributed by atoms with Crippen LogP contribution in [0.25, 0.3) is 11.1 Å². The number of ether oxygens (including phenoxy) is 1. The number of alkyl halides is 3. The first-order valence-corrected chi connectivity index (χ1v) is 15.3. The van der Waals surface area contributed by atoms with Gasteiger partial charge in [-0.05, 0) is 68.8 Å². The number of hydrogen-bond donors (Lipinski definition) is 2. The summed E-state index contributed by atoms with van der Waals surface area (Å²) < 4.78 is 63.5. The fourth-order valence-electron chi connectivity index (χ4n) is 5.72. The molecule has 0 aliphatic carbocycles. The minimum Gasteiger partial charge on any atom is -0.478 e. The third-order valence-corrected chi connectivity index (χ3v) is 8.43. The van der Waals surface area contributed by atoms with Gasteiger partial charge in [-0.1, -0.05) is 18.5 Å². The Hall–Kier alpha value is -3.90. The van der Waals surface area contributed by atoms with Gasteiger partial charge in [0, 0.05) is 60.6 Å². The molecule has 240 valence electrons. The third kappa shape index (κ3) is 6.86. The van der Waals surface area contributed by atoms with E-state index >= 15 is 4.39 Å². The van der Waals surface area contributed by atoms with Gasteiger partial charge in [0.2, 0.25) is 5.88 Å². The summed E-state index contributed by atoms with van der Waals surface area (Å²) in [4.78, 5) is 34.5. The maximum absolute atomic E-state index is 16.5. The second kappa shape index (κ2) is 13.6. The van der Waals surface area contributed by atoms with Gasteiger partial charge < -0.3 is 25.2 Å². The topological polar surface area (TPSA) is 86.8 Å². The number of halogens is 5. The van der Waals surface area contributed by atoms with Crippen LogP contribution in [0.4, 0.5) is 23.2 Å². The molecule has 2 aromatic carbocycles. The van der Waals surface area contributed by atoms with Crippen molar-refractivity contribution < 1.29 is 31.9 Å². The van der Waals surface area contributed by atoms with Crippen molar-refractivity contribution in [2.45, 2.75) is 44.9 Å². The highest BCUT2D eigenvalue weighted by Crippen LogP contribution is 2.38. The van der Waals surface area contributed by atoms with E-state index in [2.05, 4.69) is 15.6 Å². The second-order valence-corrected chi connectivity index (χ2v) is 11.4. The maximum atomic E-state index is 16.5. The van der Waals surface area contributed by atoms with Crippen LogP contribution >= 0.6 is 11.6 Å². The second-order valence-electron chi connectivity index (χ2n) is 11.0. The first kappa shape index (κ1) is 32.5. The fraction of sp³-hybridized carbons (Fsp3) is 0.406. The Kier molecular flexibility index (Phi) is 9.83. The van der Waals surface area contributed by atoms with Gasteiger partial charge >= 0.3 is 6.18 Å². The number of amides is 2. The molecule has 3 aromatic rings. The molecule has 0 saturated carbocycles. The molecule has 0 bridgehead atoms. The van der Waals surface area contributed by atoms with Crippen LogP contribution in [0.2, 0.25) is 5.02 Å². The predicted molar refractivity (Wildman–Crippen MR) is 163 cm³/mol. The Morgan fingerprint density at radius 2 is 1.91 bits per heavy atom. The highest BCUT2D eigenvalue weighted by atomic mass is 35.5. The zero-order valence-corrected chi connectivity index (χ0v) is 25.6. The summed E-state index contributed by atoms with van der Waals surface area (Å²) in [5.41, 5.74) is -0.880. The van der Waals surface area contributed by atoms with Crippen molar-refractivity contribution >= 4 is 29.1 Å². The number of carbonyl (C=O) groups excluding carboxylic acids is 2. The molecule has 2 saturated heterocycles. The van der Waals surface area contributed by atoms with Gasteiger partial charge in [0.1, 0.15) is 5.82 Å². The van der Waals surface area contributed by atoms with Crippen LogP contribution in [0.5, 0.6) is 5.88 Å². The van der Waals surface area contributed by atoms with Crippen LogP contribution in [0.1, 0.15) is 53.0 Å². The molecule has 2 N–H and O–H groups in total. The molecule has 2 aliphatic rings. The Morgan fingerprint density at radius 1 is 1.13 bits per heavy atom. The lowest BCUT2D eigenvalue weighted by Gasteiger charge is -2.43. The molecule has 0 spiro atoms. The standard InChI is InChI=1S/C32H34ClF4N5O3/c1-3-21-18-41(31(44)24-8-7-19(33)16-25(24)32(35,36)37)14-15-42(21)26-10-9-22(23-6-5-12-39-30(23)45-4-2)28(34)27(26)29(43)40-17-20-11-13-38-20/h5-10,12,16,20-21,38H,3-4,11,13-15,17-18H2,1-2H3,(H,40,43)/t20-,21+/m0/s1. The summed E-state index contributed by atoms with van der Waals surface area (Å²) in [6.07, 6.45) is -1.87. The Balaban J connectivity index is 1.49. The quantitative estimate of drug-likeness (QED) is 0.286. The first-order chi connectivity index (χ1) is 21.5. The van der Waals surface area contributed by atoms with E-state index < -0.39 is 41.0 Å². The van der Waals surface area contributed by atoms with Gasteiger partial charge in [-0.25, -0.2) is 9.37 Å². The molecule has 1 aromatic heterocycles. The predicted octanol–water partition coefficient (Wildman–Crippen LogP) is 5.79. The van der Waals surface area contributed by atoms with E-state index in [1.807, 2.05) is 11.8 Å².